The van der Waals surface area contributed by atoms with Crippen molar-refractivity contribution >= 4 is 11.6 Å². The summed E-state index contributed by atoms with van der Waals surface area (Å²) in [5.41, 5.74) is 3.25. The number of rotatable bonds is 11. The van der Waals surface area contributed by atoms with Gasteiger partial charge in [-0.3, -0.25) is 0 Å². The maximum absolute atomic E-state index is 6.22. The van der Waals surface area contributed by atoms with Gasteiger partial charge in [0, 0.05) is 11.4 Å². The van der Waals surface area contributed by atoms with E-state index in [-0.39, 0.29) is 0 Å². The lowest BCUT2D eigenvalue weighted by molar-refractivity contribution is 0.185. The molecule has 0 spiro atoms. The lowest BCUT2D eigenvalue weighted by atomic mass is 9.95. The van der Waals surface area contributed by atoms with Crippen molar-refractivity contribution in [2.75, 3.05) is 13.2 Å². The first-order valence-electron chi connectivity index (χ1n) is 9.25. The number of allylic oxidation sites excluding steroid dienone is 1. The molecule has 0 aliphatic heterocycles. The molecule has 0 aliphatic carbocycles. The van der Waals surface area contributed by atoms with E-state index in [0.717, 1.165) is 41.2 Å². The van der Waals surface area contributed by atoms with Crippen LogP contribution in [0.1, 0.15) is 64.0 Å². The highest BCUT2D eigenvalue weighted by molar-refractivity contribution is 6.30. The average molecular weight is 365 g/mol. The minimum atomic E-state index is 0.401. The molecule has 0 heterocycles. The van der Waals surface area contributed by atoms with Crippen LogP contribution in [0.15, 0.2) is 36.6 Å². The Hall–Kier alpha value is -1.41. The van der Waals surface area contributed by atoms with E-state index in [0.29, 0.717) is 30.8 Å². The van der Waals surface area contributed by atoms with Crippen LogP contribution in [0.3, 0.4) is 0 Å². The first-order chi connectivity index (χ1) is 11.8. The Morgan fingerprint density at radius 1 is 1.12 bits per heavy atom. The first-order valence-corrected chi connectivity index (χ1v) is 9.63. The molecule has 25 heavy (non-hydrogen) atoms. The minimum absolute atomic E-state index is 0.401. The number of hydrogen-bond donors (Lipinski definition) is 0. The summed E-state index contributed by atoms with van der Waals surface area (Å²) in [4.78, 5) is 0. The predicted molar refractivity (Wildman–Crippen MR) is 109 cm³/mol. The first kappa shape index (κ1) is 21.6. The van der Waals surface area contributed by atoms with Gasteiger partial charge in [-0.2, -0.15) is 0 Å². The standard InChI is InChI=1S/C22H33ClO2/c1-8-15(3)18(6)19(7)24-11-10-12-25-22-17(5)13-20(23)14-21(22)16(4)9-2/h13-16H,6-12H2,1-5H3. The summed E-state index contributed by atoms with van der Waals surface area (Å²) in [5, 5.41) is 0.767. The molecule has 1 rings (SSSR count). The molecule has 1 aromatic rings. The van der Waals surface area contributed by atoms with E-state index in [9.17, 15) is 0 Å². The van der Waals surface area contributed by atoms with Crippen molar-refractivity contribution in [2.24, 2.45) is 5.92 Å². The predicted octanol–water partition coefficient (Wildman–Crippen LogP) is 7.06. The smallest absolute Gasteiger partial charge is 0.125 e. The van der Waals surface area contributed by atoms with Crippen LogP contribution in [-0.4, -0.2) is 13.2 Å². The van der Waals surface area contributed by atoms with Crippen LogP contribution in [0.4, 0.5) is 0 Å². The quantitative estimate of drug-likeness (QED) is 0.237. The highest BCUT2D eigenvalue weighted by Gasteiger charge is 2.14. The lowest BCUT2D eigenvalue weighted by Crippen LogP contribution is -2.08. The van der Waals surface area contributed by atoms with Gasteiger partial charge < -0.3 is 9.47 Å². The van der Waals surface area contributed by atoms with E-state index in [4.69, 9.17) is 21.1 Å². The molecule has 0 amide bonds. The fourth-order valence-corrected chi connectivity index (χ4v) is 2.86. The van der Waals surface area contributed by atoms with E-state index in [1.54, 1.807) is 0 Å². The number of hydrogen-bond acceptors (Lipinski definition) is 2. The van der Waals surface area contributed by atoms with E-state index in [1.807, 2.05) is 19.1 Å². The Bertz CT molecular complexity index is 592. The monoisotopic (exact) mass is 364 g/mol. The molecule has 1 aromatic carbocycles. The average Bonchev–Trinajstić information content (AvgIpc) is 2.60. The Morgan fingerprint density at radius 3 is 2.40 bits per heavy atom. The molecule has 0 saturated heterocycles. The summed E-state index contributed by atoms with van der Waals surface area (Å²) in [6.07, 6.45) is 2.89. The highest BCUT2D eigenvalue weighted by atomic mass is 35.5. The summed E-state index contributed by atoms with van der Waals surface area (Å²) in [6.45, 7) is 19.9. The van der Waals surface area contributed by atoms with Crippen LogP contribution < -0.4 is 4.74 Å². The largest absolute Gasteiger partial charge is 0.494 e. The zero-order chi connectivity index (χ0) is 19.0. The van der Waals surface area contributed by atoms with Crippen LogP contribution >= 0.6 is 11.6 Å². The molecule has 0 N–H and O–H groups in total. The molecule has 0 aromatic heterocycles. The fourth-order valence-electron chi connectivity index (χ4n) is 2.58. The minimum Gasteiger partial charge on any atom is -0.494 e. The van der Waals surface area contributed by atoms with Crippen molar-refractivity contribution in [2.45, 2.75) is 59.8 Å². The van der Waals surface area contributed by atoms with Crippen LogP contribution in [0, 0.1) is 12.8 Å². The molecule has 2 unspecified atom stereocenters. The second-order valence-electron chi connectivity index (χ2n) is 6.76. The summed E-state index contributed by atoms with van der Waals surface area (Å²) in [6, 6.07) is 3.98. The molecule has 0 saturated carbocycles. The molecular weight excluding hydrogens is 332 g/mol. The van der Waals surface area contributed by atoms with Crippen LogP contribution in [0.2, 0.25) is 5.02 Å². The van der Waals surface area contributed by atoms with Crippen molar-refractivity contribution < 1.29 is 9.47 Å². The summed E-state index contributed by atoms with van der Waals surface area (Å²) < 4.78 is 11.8. The number of ether oxygens (including phenoxy) is 2. The van der Waals surface area contributed by atoms with Crippen LogP contribution in [0.25, 0.3) is 0 Å². The third kappa shape index (κ3) is 6.43. The molecule has 3 heteroatoms. The van der Waals surface area contributed by atoms with Crippen molar-refractivity contribution in [1.29, 1.82) is 0 Å². The number of halogens is 1. The zero-order valence-corrected chi connectivity index (χ0v) is 17.2. The molecule has 140 valence electrons. The number of benzene rings is 1. The molecule has 0 bridgehead atoms. The van der Waals surface area contributed by atoms with Crippen LogP contribution in [-0.2, 0) is 4.74 Å². The van der Waals surface area contributed by atoms with E-state index < -0.39 is 0 Å². The fraction of sp³-hybridized carbons (Fsp3) is 0.545. The third-order valence-corrected chi connectivity index (χ3v) is 5.01. The van der Waals surface area contributed by atoms with Gasteiger partial charge in [0.25, 0.3) is 0 Å². The second kappa shape index (κ2) is 10.6. The Balaban J connectivity index is 2.54. The second-order valence-corrected chi connectivity index (χ2v) is 7.19. The van der Waals surface area contributed by atoms with Crippen molar-refractivity contribution in [3.63, 3.8) is 0 Å². The molecule has 2 nitrogen and oxygen atoms in total. The van der Waals surface area contributed by atoms with Gasteiger partial charge in [-0.25, -0.2) is 0 Å². The summed E-state index contributed by atoms with van der Waals surface area (Å²) in [7, 11) is 0. The Labute approximate surface area is 158 Å². The van der Waals surface area contributed by atoms with Crippen molar-refractivity contribution in [1.82, 2.24) is 0 Å². The topological polar surface area (TPSA) is 18.5 Å². The van der Waals surface area contributed by atoms with Crippen LogP contribution in [0.5, 0.6) is 5.75 Å². The van der Waals surface area contributed by atoms with Gasteiger partial charge in [-0.05, 0) is 60.4 Å². The lowest BCUT2D eigenvalue weighted by Gasteiger charge is -2.19. The van der Waals surface area contributed by atoms with Gasteiger partial charge in [-0.15, -0.1) is 0 Å². The van der Waals surface area contributed by atoms with Gasteiger partial charge in [0.05, 0.1) is 13.2 Å². The molecule has 2 atom stereocenters. The summed E-state index contributed by atoms with van der Waals surface area (Å²) in [5.74, 6) is 2.47. The van der Waals surface area contributed by atoms with Gasteiger partial charge in [0.1, 0.15) is 11.5 Å². The highest BCUT2D eigenvalue weighted by Crippen LogP contribution is 2.34. The third-order valence-electron chi connectivity index (χ3n) is 4.79. The van der Waals surface area contributed by atoms with E-state index >= 15 is 0 Å². The number of aryl methyl sites for hydroxylation is 1. The van der Waals surface area contributed by atoms with Crippen molar-refractivity contribution in [3.05, 3.63) is 52.8 Å². The Kier molecular flexibility index (Phi) is 9.13. The van der Waals surface area contributed by atoms with E-state index in [2.05, 4.69) is 40.9 Å². The SMILES string of the molecule is C=C(OCCCOc1c(C)cc(Cl)cc1C(C)CC)C(=C)C(C)CC. The maximum Gasteiger partial charge on any atom is 0.125 e. The van der Waals surface area contributed by atoms with Crippen molar-refractivity contribution in [3.8, 4) is 5.75 Å². The van der Waals surface area contributed by atoms with Gasteiger partial charge in [0.15, 0.2) is 0 Å². The molecule has 0 fully saturated rings. The molecular formula is C22H33ClO2. The Morgan fingerprint density at radius 2 is 1.80 bits per heavy atom. The normalized spacial score (nSPS) is 13.2. The molecule has 0 radical (unpaired) electrons. The van der Waals surface area contributed by atoms with E-state index in [1.165, 1.54) is 5.56 Å². The van der Waals surface area contributed by atoms with Gasteiger partial charge in [0.2, 0.25) is 0 Å². The van der Waals surface area contributed by atoms with Gasteiger partial charge >= 0.3 is 0 Å². The maximum atomic E-state index is 6.22. The summed E-state index contributed by atoms with van der Waals surface area (Å²) >= 11 is 6.22. The van der Waals surface area contributed by atoms with Gasteiger partial charge in [-0.1, -0.05) is 52.5 Å². The zero-order valence-electron chi connectivity index (χ0n) is 16.5. The molecule has 0 aliphatic rings.